The van der Waals surface area contributed by atoms with Gasteiger partial charge in [0.15, 0.2) is 0 Å². The average Bonchev–Trinajstić information content (AvgIpc) is 2.19. The molecule has 15 heavy (non-hydrogen) atoms. The Morgan fingerprint density at radius 3 is 2.33 bits per heavy atom. The van der Waals surface area contributed by atoms with Gasteiger partial charge in [-0.25, -0.2) is 6.42 Å². The smallest absolute Gasteiger partial charge is 0.0557 e. The molecule has 0 fully saturated rings. The third kappa shape index (κ3) is 6.45. The van der Waals surface area contributed by atoms with Gasteiger partial charge < -0.3 is 19.0 Å². The largest absolute Gasteiger partial charge is 0.393 e. The summed E-state index contributed by atoms with van der Waals surface area (Å²) >= 11 is 0. The van der Waals surface area contributed by atoms with Gasteiger partial charge in [-0.2, -0.15) is 5.92 Å². The predicted molar refractivity (Wildman–Crippen MR) is 59.6 cm³/mol. The molecule has 0 aliphatic carbocycles. The molecule has 0 aromatic heterocycles. The molecule has 0 bridgehead atoms. The molecule has 0 aliphatic rings. The quantitative estimate of drug-likeness (QED) is 0.822. The van der Waals surface area contributed by atoms with Gasteiger partial charge in [-0.05, 0) is 12.0 Å². The van der Waals surface area contributed by atoms with E-state index >= 15 is 0 Å². The van der Waals surface area contributed by atoms with Crippen LogP contribution in [-0.4, -0.2) is 11.2 Å². The number of hydrogen-bond donors (Lipinski definition) is 1. The third-order valence-corrected chi connectivity index (χ3v) is 2.33. The van der Waals surface area contributed by atoms with Gasteiger partial charge in [0.25, 0.3) is 0 Å². The summed E-state index contributed by atoms with van der Waals surface area (Å²) in [4.78, 5) is 0. The molecule has 0 saturated heterocycles. The molecule has 0 aliphatic heterocycles. The van der Waals surface area contributed by atoms with E-state index in [2.05, 4.69) is 13.8 Å². The van der Waals surface area contributed by atoms with Gasteiger partial charge in [0.2, 0.25) is 0 Å². The van der Waals surface area contributed by atoms with Crippen LogP contribution in [0, 0.1) is 19.8 Å². The van der Waals surface area contributed by atoms with Crippen LogP contribution < -0.4 is 0 Å². The number of hydrogen-bond acceptors (Lipinski definition) is 1. The number of benzene rings is 1. The minimum Gasteiger partial charge on any atom is -0.393 e. The van der Waals surface area contributed by atoms with Crippen LogP contribution in [0.4, 0.5) is 0 Å². The summed E-state index contributed by atoms with van der Waals surface area (Å²) in [6.45, 7) is 7.69. The van der Waals surface area contributed by atoms with E-state index in [1.54, 1.807) is 0 Å². The van der Waals surface area contributed by atoms with Gasteiger partial charge in [0.05, 0.1) is 6.10 Å². The van der Waals surface area contributed by atoms with Gasteiger partial charge in [0.1, 0.15) is 0 Å². The first-order valence-electron chi connectivity index (χ1n) is 5.06. The second-order valence-electron chi connectivity index (χ2n) is 3.73. The monoisotopic (exact) mass is 279 g/mol. The standard InChI is InChI=1S/C13H18O.Y/c1-3-11(2)9-13(14)10-12-7-5-4-6-8-12;/h4-8,11,13-14H,1-3,9-10H2;/q-2;. The molecule has 1 rings (SSSR count). The van der Waals surface area contributed by atoms with Gasteiger partial charge in [-0.3, -0.25) is 0 Å². The van der Waals surface area contributed by atoms with Crippen molar-refractivity contribution in [3.8, 4) is 0 Å². The van der Waals surface area contributed by atoms with Crippen molar-refractivity contribution in [2.75, 3.05) is 0 Å². The summed E-state index contributed by atoms with van der Waals surface area (Å²) in [6.07, 6.45) is 1.94. The molecule has 1 nitrogen and oxygen atoms in total. The zero-order valence-electron chi connectivity index (χ0n) is 9.10. The van der Waals surface area contributed by atoms with Crippen molar-refractivity contribution in [2.45, 2.75) is 25.4 Å². The van der Waals surface area contributed by atoms with E-state index in [4.69, 9.17) is 0 Å². The van der Waals surface area contributed by atoms with Crippen LogP contribution in [0.2, 0.25) is 0 Å². The molecule has 1 radical (unpaired) electrons. The van der Waals surface area contributed by atoms with E-state index in [1.807, 2.05) is 30.3 Å². The van der Waals surface area contributed by atoms with Crippen LogP contribution in [-0.2, 0) is 39.1 Å². The number of aliphatic hydroxyl groups excluding tert-OH is 1. The fraction of sp³-hybridized carbons (Fsp3) is 0.385. The summed E-state index contributed by atoms with van der Waals surface area (Å²) < 4.78 is 0. The van der Waals surface area contributed by atoms with Gasteiger partial charge in [-0.1, -0.05) is 36.8 Å². The zero-order valence-corrected chi connectivity index (χ0v) is 11.9. The molecule has 0 saturated carbocycles. The van der Waals surface area contributed by atoms with Crippen LogP contribution in [0.15, 0.2) is 30.3 Å². The molecule has 1 aromatic carbocycles. The Morgan fingerprint density at radius 2 is 1.80 bits per heavy atom. The minimum absolute atomic E-state index is 0. The SMILES string of the molecule is [CH2-]CC([CH2-])CC(O)Cc1ccccc1.[Y]. The van der Waals surface area contributed by atoms with E-state index in [0.29, 0.717) is 6.42 Å². The second-order valence-corrected chi connectivity index (χ2v) is 3.73. The van der Waals surface area contributed by atoms with Crippen molar-refractivity contribution >= 4 is 0 Å². The van der Waals surface area contributed by atoms with Crippen LogP contribution in [0.3, 0.4) is 0 Å². The summed E-state index contributed by atoms with van der Waals surface area (Å²) in [5.41, 5.74) is 1.18. The summed E-state index contributed by atoms with van der Waals surface area (Å²) in [5, 5.41) is 9.74. The summed E-state index contributed by atoms with van der Waals surface area (Å²) in [7, 11) is 0. The molecular formula is C13H18OY-2. The Bertz CT molecular complexity index is 248. The van der Waals surface area contributed by atoms with Gasteiger partial charge in [0, 0.05) is 32.7 Å². The molecule has 0 amide bonds. The van der Waals surface area contributed by atoms with Crippen molar-refractivity contribution in [1.29, 1.82) is 0 Å². The van der Waals surface area contributed by atoms with Crippen LogP contribution in [0.25, 0.3) is 0 Å². The first-order chi connectivity index (χ1) is 6.72. The zero-order chi connectivity index (χ0) is 10.4. The van der Waals surface area contributed by atoms with E-state index in [0.717, 1.165) is 12.8 Å². The minimum atomic E-state index is -0.290. The molecule has 2 unspecified atom stereocenters. The van der Waals surface area contributed by atoms with Gasteiger partial charge >= 0.3 is 0 Å². The van der Waals surface area contributed by atoms with E-state index in [9.17, 15) is 5.11 Å². The Balaban J connectivity index is 0.00000196. The van der Waals surface area contributed by atoms with Crippen molar-refractivity contribution in [1.82, 2.24) is 0 Å². The average molecular weight is 279 g/mol. The third-order valence-electron chi connectivity index (χ3n) is 2.33. The van der Waals surface area contributed by atoms with E-state index < -0.39 is 0 Å². The maximum absolute atomic E-state index is 9.74. The molecule has 2 atom stereocenters. The Labute approximate surface area is 118 Å². The predicted octanol–water partition coefficient (Wildman–Crippen LogP) is 2.65. The van der Waals surface area contributed by atoms with Crippen LogP contribution >= 0.6 is 0 Å². The first kappa shape index (κ1) is 15.3. The van der Waals surface area contributed by atoms with Crippen molar-refractivity contribution in [3.63, 3.8) is 0 Å². The maximum Gasteiger partial charge on any atom is 0.0557 e. The van der Waals surface area contributed by atoms with Crippen LogP contribution in [0.1, 0.15) is 18.4 Å². The molecule has 0 heterocycles. The van der Waals surface area contributed by atoms with Crippen LogP contribution in [0.5, 0.6) is 0 Å². The van der Waals surface area contributed by atoms with E-state index in [-0.39, 0.29) is 44.7 Å². The normalized spacial score (nSPS) is 14.1. The molecule has 2 heteroatoms. The van der Waals surface area contributed by atoms with Gasteiger partial charge in [-0.15, -0.1) is 0 Å². The van der Waals surface area contributed by atoms with Crippen molar-refractivity contribution in [2.24, 2.45) is 5.92 Å². The molecular weight excluding hydrogens is 261 g/mol. The number of rotatable bonds is 5. The second kappa shape index (κ2) is 8.44. The Morgan fingerprint density at radius 1 is 1.20 bits per heavy atom. The fourth-order valence-electron chi connectivity index (χ4n) is 1.47. The molecule has 1 N–H and O–H groups in total. The van der Waals surface area contributed by atoms with Crippen molar-refractivity contribution in [3.05, 3.63) is 49.7 Å². The Hall–Kier alpha value is 0.284. The van der Waals surface area contributed by atoms with Crippen molar-refractivity contribution < 1.29 is 37.8 Å². The molecule has 81 valence electrons. The molecule has 1 aromatic rings. The Kier molecular flexibility index (Phi) is 8.60. The summed E-state index contributed by atoms with van der Waals surface area (Å²) in [6, 6.07) is 10.0. The molecule has 0 spiro atoms. The fourth-order valence-corrected chi connectivity index (χ4v) is 1.47. The number of aliphatic hydroxyl groups is 1. The summed E-state index contributed by atoms with van der Waals surface area (Å²) in [5.74, 6) is 0.258. The topological polar surface area (TPSA) is 20.2 Å². The van der Waals surface area contributed by atoms with E-state index in [1.165, 1.54) is 5.56 Å². The maximum atomic E-state index is 9.74. The first-order valence-corrected chi connectivity index (χ1v) is 5.06.